The van der Waals surface area contributed by atoms with Gasteiger partial charge >= 0.3 is 6.03 Å². The first-order valence-corrected chi connectivity index (χ1v) is 7.96. The summed E-state index contributed by atoms with van der Waals surface area (Å²) in [5.74, 6) is 0. The summed E-state index contributed by atoms with van der Waals surface area (Å²) < 4.78 is 0. The number of unbranched alkanes of at least 4 members (excludes halogenated alkanes) is 1. The molecule has 0 unspecified atom stereocenters. The first kappa shape index (κ1) is 15.8. The summed E-state index contributed by atoms with van der Waals surface area (Å²) >= 11 is 0. The average Bonchev–Trinajstić information content (AvgIpc) is 2.49. The summed E-state index contributed by atoms with van der Waals surface area (Å²) in [6.07, 6.45) is 2.47. The third-order valence-electron chi connectivity index (χ3n) is 4.20. The summed E-state index contributed by atoms with van der Waals surface area (Å²) in [6.45, 7) is 11.1. The van der Waals surface area contributed by atoms with Crippen LogP contribution in [-0.2, 0) is 0 Å². The van der Waals surface area contributed by atoms with Gasteiger partial charge in [0.25, 0.3) is 0 Å². The first-order chi connectivity index (χ1) is 10.1. The van der Waals surface area contributed by atoms with E-state index in [2.05, 4.69) is 17.1 Å². The van der Waals surface area contributed by atoms with E-state index in [0.29, 0.717) is 0 Å². The van der Waals surface area contributed by atoms with Crippen LogP contribution in [0.3, 0.4) is 0 Å². The maximum atomic E-state index is 12.4. The Labute approximate surface area is 128 Å². The number of amides is 2. The number of para-hydroxylation sites is 1. The lowest BCUT2D eigenvalue weighted by Crippen LogP contribution is -2.50. The fraction of sp³-hybridized carbons (Fsp3) is 0.588. The molecule has 2 rings (SSSR count). The minimum atomic E-state index is 0.0301. The van der Waals surface area contributed by atoms with Crippen LogP contribution in [0, 0.1) is 13.8 Å². The Bertz CT molecular complexity index is 459. The Morgan fingerprint density at radius 1 is 1.14 bits per heavy atom. The van der Waals surface area contributed by atoms with Crippen LogP contribution in [0.15, 0.2) is 18.2 Å². The van der Waals surface area contributed by atoms with Crippen molar-refractivity contribution in [2.75, 3.05) is 38.0 Å². The number of nitrogens with zero attached hydrogens (tertiary/aromatic N) is 2. The average molecular weight is 289 g/mol. The van der Waals surface area contributed by atoms with Crippen LogP contribution in [0.2, 0.25) is 0 Å². The van der Waals surface area contributed by atoms with Crippen molar-refractivity contribution in [2.45, 2.75) is 33.6 Å². The molecule has 0 spiro atoms. The van der Waals surface area contributed by atoms with Crippen molar-refractivity contribution in [1.29, 1.82) is 0 Å². The van der Waals surface area contributed by atoms with Gasteiger partial charge < -0.3 is 10.2 Å². The Morgan fingerprint density at radius 3 is 2.33 bits per heavy atom. The van der Waals surface area contributed by atoms with E-state index in [9.17, 15) is 4.79 Å². The molecule has 1 aromatic carbocycles. The molecule has 21 heavy (non-hydrogen) atoms. The van der Waals surface area contributed by atoms with Gasteiger partial charge in [-0.1, -0.05) is 31.5 Å². The van der Waals surface area contributed by atoms with E-state index < -0.39 is 0 Å². The van der Waals surface area contributed by atoms with Crippen LogP contribution in [-0.4, -0.2) is 48.6 Å². The van der Waals surface area contributed by atoms with Gasteiger partial charge in [-0.2, -0.15) is 0 Å². The zero-order valence-corrected chi connectivity index (χ0v) is 13.5. The normalized spacial score (nSPS) is 16.0. The van der Waals surface area contributed by atoms with Gasteiger partial charge in [0.15, 0.2) is 0 Å². The van der Waals surface area contributed by atoms with Crippen molar-refractivity contribution in [1.82, 2.24) is 9.80 Å². The molecule has 1 N–H and O–H groups in total. The van der Waals surface area contributed by atoms with Crippen LogP contribution >= 0.6 is 0 Å². The predicted octanol–water partition coefficient (Wildman–Crippen LogP) is 3.25. The Kier molecular flexibility index (Phi) is 5.62. The van der Waals surface area contributed by atoms with E-state index in [0.717, 1.165) is 49.5 Å². The lowest BCUT2D eigenvalue weighted by Gasteiger charge is -2.34. The van der Waals surface area contributed by atoms with Crippen LogP contribution in [0.5, 0.6) is 0 Å². The maximum absolute atomic E-state index is 12.4. The molecule has 0 radical (unpaired) electrons. The monoisotopic (exact) mass is 289 g/mol. The molecule has 0 saturated carbocycles. The number of benzene rings is 1. The van der Waals surface area contributed by atoms with Crippen molar-refractivity contribution in [3.05, 3.63) is 29.3 Å². The summed E-state index contributed by atoms with van der Waals surface area (Å²) in [6, 6.07) is 6.12. The topological polar surface area (TPSA) is 35.6 Å². The van der Waals surface area contributed by atoms with E-state index in [1.807, 2.05) is 36.9 Å². The number of hydrogen-bond donors (Lipinski definition) is 1. The van der Waals surface area contributed by atoms with E-state index in [1.165, 1.54) is 12.8 Å². The number of urea groups is 1. The lowest BCUT2D eigenvalue weighted by atomic mass is 10.1. The van der Waals surface area contributed by atoms with Gasteiger partial charge in [0.05, 0.1) is 0 Å². The molecule has 0 aliphatic carbocycles. The van der Waals surface area contributed by atoms with Crippen LogP contribution in [0.25, 0.3) is 0 Å². The van der Waals surface area contributed by atoms with E-state index in [1.54, 1.807) is 0 Å². The highest BCUT2D eigenvalue weighted by Gasteiger charge is 2.21. The van der Waals surface area contributed by atoms with Crippen LogP contribution in [0.1, 0.15) is 30.9 Å². The smallest absolute Gasteiger partial charge is 0.321 e. The number of hydrogen-bond acceptors (Lipinski definition) is 2. The van der Waals surface area contributed by atoms with Crippen molar-refractivity contribution < 1.29 is 4.79 Å². The lowest BCUT2D eigenvalue weighted by molar-refractivity contribution is 0.146. The zero-order valence-electron chi connectivity index (χ0n) is 13.5. The first-order valence-electron chi connectivity index (χ1n) is 7.96. The highest BCUT2D eigenvalue weighted by molar-refractivity contribution is 5.91. The molecule has 4 nitrogen and oxygen atoms in total. The summed E-state index contributed by atoms with van der Waals surface area (Å²) in [4.78, 5) is 16.8. The standard InChI is InChI=1S/C17H27N3O/c1-4-5-9-19-10-12-20(13-11-19)17(21)18-16-14(2)7-6-8-15(16)3/h6-8H,4-5,9-13H2,1-3H3,(H,18,21). The minimum absolute atomic E-state index is 0.0301. The van der Waals surface area contributed by atoms with Gasteiger partial charge in [0.1, 0.15) is 0 Å². The predicted molar refractivity (Wildman–Crippen MR) is 87.9 cm³/mol. The summed E-state index contributed by atoms with van der Waals surface area (Å²) in [5, 5.41) is 3.07. The Balaban J connectivity index is 1.88. The molecule has 1 fully saturated rings. The molecule has 1 saturated heterocycles. The molecule has 1 aliphatic heterocycles. The van der Waals surface area contributed by atoms with Gasteiger partial charge in [-0.25, -0.2) is 4.79 Å². The fourth-order valence-electron chi connectivity index (χ4n) is 2.75. The summed E-state index contributed by atoms with van der Waals surface area (Å²) in [5.41, 5.74) is 3.19. The molecule has 0 aromatic heterocycles. The number of nitrogens with one attached hydrogen (secondary N) is 1. The molecule has 1 aliphatic rings. The SMILES string of the molecule is CCCCN1CCN(C(=O)Nc2c(C)cccc2C)CC1. The third kappa shape index (κ3) is 4.21. The van der Waals surface area contributed by atoms with Gasteiger partial charge in [-0.05, 0) is 37.9 Å². The van der Waals surface area contributed by atoms with Crippen molar-refractivity contribution >= 4 is 11.7 Å². The van der Waals surface area contributed by atoms with Gasteiger partial charge in [0.2, 0.25) is 0 Å². The number of aryl methyl sites for hydroxylation is 2. The zero-order chi connectivity index (χ0) is 15.2. The van der Waals surface area contributed by atoms with Crippen molar-refractivity contribution in [2.24, 2.45) is 0 Å². The van der Waals surface area contributed by atoms with E-state index >= 15 is 0 Å². The molecule has 4 heteroatoms. The largest absolute Gasteiger partial charge is 0.322 e. The highest BCUT2D eigenvalue weighted by atomic mass is 16.2. The molecule has 1 heterocycles. The third-order valence-corrected chi connectivity index (χ3v) is 4.20. The Morgan fingerprint density at radius 2 is 1.76 bits per heavy atom. The molecule has 116 valence electrons. The number of piperazine rings is 1. The van der Waals surface area contributed by atoms with Crippen LogP contribution in [0.4, 0.5) is 10.5 Å². The van der Waals surface area contributed by atoms with Gasteiger partial charge in [0, 0.05) is 31.9 Å². The highest BCUT2D eigenvalue weighted by Crippen LogP contribution is 2.20. The van der Waals surface area contributed by atoms with Crippen LogP contribution < -0.4 is 5.32 Å². The number of rotatable bonds is 4. The second kappa shape index (κ2) is 7.46. The number of carbonyl (C=O) groups is 1. The quantitative estimate of drug-likeness (QED) is 0.923. The molecule has 0 atom stereocenters. The molecular formula is C17H27N3O. The number of anilines is 1. The van der Waals surface area contributed by atoms with Gasteiger partial charge in [-0.15, -0.1) is 0 Å². The second-order valence-corrected chi connectivity index (χ2v) is 5.88. The molecule has 0 bridgehead atoms. The van der Waals surface area contributed by atoms with Gasteiger partial charge in [-0.3, -0.25) is 4.90 Å². The number of carbonyl (C=O) groups excluding carboxylic acids is 1. The molecule has 1 aromatic rings. The Hall–Kier alpha value is -1.55. The summed E-state index contributed by atoms with van der Waals surface area (Å²) in [7, 11) is 0. The fourth-order valence-corrected chi connectivity index (χ4v) is 2.75. The molecule has 2 amide bonds. The molecular weight excluding hydrogens is 262 g/mol. The minimum Gasteiger partial charge on any atom is -0.322 e. The van der Waals surface area contributed by atoms with E-state index in [-0.39, 0.29) is 6.03 Å². The maximum Gasteiger partial charge on any atom is 0.321 e. The van der Waals surface area contributed by atoms with Crippen molar-refractivity contribution in [3.63, 3.8) is 0 Å². The van der Waals surface area contributed by atoms with Crippen molar-refractivity contribution in [3.8, 4) is 0 Å². The second-order valence-electron chi connectivity index (χ2n) is 5.88. The van der Waals surface area contributed by atoms with E-state index in [4.69, 9.17) is 0 Å².